The molecule has 0 unspecified atom stereocenters. The Hall–Kier alpha value is -1.66. The summed E-state index contributed by atoms with van der Waals surface area (Å²) in [7, 11) is 0. The molecule has 0 bridgehead atoms. The zero-order chi connectivity index (χ0) is 14.5. The van der Waals surface area contributed by atoms with Crippen molar-refractivity contribution in [1.29, 1.82) is 0 Å². The van der Waals surface area contributed by atoms with Crippen LogP contribution in [0.1, 0.15) is 17.0 Å². The zero-order valence-electron chi connectivity index (χ0n) is 10.7. The highest BCUT2D eigenvalue weighted by Gasteiger charge is 2.10. The lowest BCUT2D eigenvalue weighted by Gasteiger charge is -2.11. The molecule has 0 aliphatic carbocycles. The van der Waals surface area contributed by atoms with Gasteiger partial charge in [0.15, 0.2) is 5.76 Å². The number of halogens is 3. The van der Waals surface area contributed by atoms with Crippen LogP contribution in [-0.4, -0.2) is 11.8 Å². The second-order valence-electron chi connectivity index (χ2n) is 4.17. The van der Waals surface area contributed by atoms with Gasteiger partial charge in [0.1, 0.15) is 5.75 Å². The van der Waals surface area contributed by atoms with Crippen molar-refractivity contribution in [1.82, 2.24) is 10.5 Å². The van der Waals surface area contributed by atoms with E-state index < -0.39 is 6.61 Å². The van der Waals surface area contributed by atoms with Gasteiger partial charge in [0.25, 0.3) is 0 Å². The van der Waals surface area contributed by atoms with E-state index in [1.165, 1.54) is 12.1 Å². The van der Waals surface area contributed by atoms with E-state index in [0.29, 0.717) is 29.4 Å². The van der Waals surface area contributed by atoms with Crippen LogP contribution in [-0.2, 0) is 13.1 Å². The van der Waals surface area contributed by atoms with Gasteiger partial charge in [-0.25, -0.2) is 0 Å². The van der Waals surface area contributed by atoms with E-state index in [0.717, 1.165) is 5.69 Å². The minimum atomic E-state index is -2.87. The maximum Gasteiger partial charge on any atom is 0.387 e. The summed E-state index contributed by atoms with van der Waals surface area (Å²) in [4.78, 5) is 0. The number of nitrogens with one attached hydrogen (secondary N) is 1. The summed E-state index contributed by atoms with van der Waals surface area (Å²) in [5.41, 5.74) is 1.33. The summed E-state index contributed by atoms with van der Waals surface area (Å²) in [5.74, 6) is 0.770. The summed E-state index contributed by atoms with van der Waals surface area (Å²) >= 11 is 5.85. The fourth-order valence-corrected chi connectivity index (χ4v) is 1.91. The Morgan fingerprint density at radius 2 is 2.15 bits per heavy atom. The quantitative estimate of drug-likeness (QED) is 0.887. The number of alkyl halides is 2. The van der Waals surface area contributed by atoms with Gasteiger partial charge < -0.3 is 14.6 Å². The van der Waals surface area contributed by atoms with E-state index >= 15 is 0 Å². The first-order chi connectivity index (χ1) is 9.54. The Labute approximate surface area is 119 Å². The Morgan fingerprint density at radius 1 is 1.35 bits per heavy atom. The Balaban J connectivity index is 1.98. The molecule has 0 radical (unpaired) electrons. The molecule has 0 aliphatic heterocycles. The molecule has 4 nitrogen and oxygen atoms in total. The maximum atomic E-state index is 12.3. The highest BCUT2D eigenvalue weighted by atomic mass is 35.5. The molecule has 0 spiro atoms. The molecule has 7 heteroatoms. The van der Waals surface area contributed by atoms with Gasteiger partial charge in [0, 0.05) is 23.2 Å². The Kier molecular flexibility index (Phi) is 4.92. The molecule has 1 N–H and O–H groups in total. The molecule has 2 aromatic rings. The molecule has 0 saturated heterocycles. The first-order valence-electron chi connectivity index (χ1n) is 5.91. The van der Waals surface area contributed by atoms with Gasteiger partial charge in [0.2, 0.25) is 0 Å². The van der Waals surface area contributed by atoms with Gasteiger partial charge in [-0.2, -0.15) is 8.78 Å². The van der Waals surface area contributed by atoms with Crippen LogP contribution < -0.4 is 10.1 Å². The molecule has 108 valence electrons. The highest BCUT2D eigenvalue weighted by molar-refractivity contribution is 6.30. The van der Waals surface area contributed by atoms with Gasteiger partial charge in [-0.15, -0.1) is 0 Å². The van der Waals surface area contributed by atoms with Crippen molar-refractivity contribution in [2.45, 2.75) is 26.6 Å². The van der Waals surface area contributed by atoms with Crippen molar-refractivity contribution in [3.05, 3.63) is 46.3 Å². The smallest absolute Gasteiger partial charge is 0.387 e. The standard InChI is InChI=1S/C13H13ClF2N2O2/c1-8-4-11(20-18-8)7-17-6-9-5-10(14)2-3-12(9)19-13(15)16/h2-5,13,17H,6-7H2,1H3. The lowest BCUT2D eigenvalue weighted by molar-refractivity contribution is -0.0505. The van der Waals surface area contributed by atoms with Crippen molar-refractivity contribution >= 4 is 11.6 Å². The number of nitrogens with zero attached hydrogens (tertiary/aromatic N) is 1. The molecule has 0 saturated carbocycles. The van der Waals surface area contributed by atoms with Crippen molar-refractivity contribution in [2.75, 3.05) is 0 Å². The molecule has 0 fully saturated rings. The van der Waals surface area contributed by atoms with E-state index in [2.05, 4.69) is 15.2 Å². The maximum absolute atomic E-state index is 12.3. The fraction of sp³-hybridized carbons (Fsp3) is 0.308. The predicted molar refractivity (Wildman–Crippen MR) is 69.9 cm³/mol. The first kappa shape index (κ1) is 14.7. The number of rotatable bonds is 6. The monoisotopic (exact) mass is 302 g/mol. The van der Waals surface area contributed by atoms with Crippen LogP contribution in [0.2, 0.25) is 5.02 Å². The fourth-order valence-electron chi connectivity index (χ4n) is 1.72. The summed E-state index contributed by atoms with van der Waals surface area (Å²) < 4.78 is 34.1. The van der Waals surface area contributed by atoms with Crippen LogP contribution in [0.3, 0.4) is 0 Å². The van der Waals surface area contributed by atoms with Crippen LogP contribution >= 0.6 is 11.6 Å². The SMILES string of the molecule is Cc1cc(CNCc2cc(Cl)ccc2OC(F)F)on1. The van der Waals surface area contributed by atoms with Crippen molar-refractivity contribution in [3.8, 4) is 5.75 Å². The number of hydrogen-bond acceptors (Lipinski definition) is 4. The van der Waals surface area contributed by atoms with E-state index in [1.54, 1.807) is 12.1 Å². The summed E-state index contributed by atoms with van der Waals surface area (Å²) in [6.07, 6.45) is 0. The molecule has 0 aliphatic rings. The van der Waals surface area contributed by atoms with Crippen LogP contribution in [0.25, 0.3) is 0 Å². The highest BCUT2D eigenvalue weighted by Crippen LogP contribution is 2.24. The molecule has 1 aromatic carbocycles. The third-order valence-electron chi connectivity index (χ3n) is 2.53. The van der Waals surface area contributed by atoms with Crippen LogP contribution in [0.5, 0.6) is 5.75 Å². The van der Waals surface area contributed by atoms with Crippen LogP contribution in [0.15, 0.2) is 28.8 Å². The average Bonchev–Trinajstić information content (AvgIpc) is 2.78. The minimum absolute atomic E-state index is 0.102. The third kappa shape index (κ3) is 4.18. The molecular weight excluding hydrogens is 290 g/mol. The van der Waals surface area contributed by atoms with Gasteiger partial charge in [-0.1, -0.05) is 16.8 Å². The molecule has 1 aromatic heterocycles. The van der Waals surface area contributed by atoms with E-state index in [-0.39, 0.29) is 5.75 Å². The minimum Gasteiger partial charge on any atom is -0.434 e. The number of hydrogen-bond donors (Lipinski definition) is 1. The van der Waals surface area contributed by atoms with Crippen LogP contribution in [0, 0.1) is 6.92 Å². The normalized spacial score (nSPS) is 11.1. The summed E-state index contributed by atoms with van der Waals surface area (Å²) in [6, 6.07) is 6.30. The van der Waals surface area contributed by atoms with Gasteiger partial charge in [-0.05, 0) is 25.1 Å². The largest absolute Gasteiger partial charge is 0.434 e. The summed E-state index contributed by atoms with van der Waals surface area (Å²) in [5, 5.41) is 7.27. The third-order valence-corrected chi connectivity index (χ3v) is 2.77. The molecule has 0 atom stereocenters. The first-order valence-corrected chi connectivity index (χ1v) is 6.28. The molecule has 20 heavy (non-hydrogen) atoms. The Bertz CT molecular complexity index is 575. The Morgan fingerprint density at radius 3 is 2.80 bits per heavy atom. The summed E-state index contributed by atoms with van der Waals surface area (Å²) in [6.45, 7) is -0.297. The number of aromatic nitrogens is 1. The zero-order valence-corrected chi connectivity index (χ0v) is 11.5. The van der Waals surface area contributed by atoms with Gasteiger partial charge >= 0.3 is 6.61 Å². The second-order valence-corrected chi connectivity index (χ2v) is 4.61. The van der Waals surface area contributed by atoms with E-state index in [1.807, 2.05) is 6.92 Å². The molecule has 1 heterocycles. The van der Waals surface area contributed by atoms with Gasteiger partial charge in [0.05, 0.1) is 12.2 Å². The lowest BCUT2D eigenvalue weighted by Crippen LogP contribution is -2.14. The van der Waals surface area contributed by atoms with E-state index in [9.17, 15) is 8.78 Å². The molecule has 0 amide bonds. The topological polar surface area (TPSA) is 47.3 Å². The molecule has 2 rings (SSSR count). The van der Waals surface area contributed by atoms with Gasteiger partial charge in [-0.3, -0.25) is 0 Å². The number of benzene rings is 1. The molecular formula is C13H13ClF2N2O2. The average molecular weight is 303 g/mol. The van der Waals surface area contributed by atoms with E-state index in [4.69, 9.17) is 16.1 Å². The van der Waals surface area contributed by atoms with Crippen molar-refractivity contribution in [2.24, 2.45) is 0 Å². The van der Waals surface area contributed by atoms with Crippen molar-refractivity contribution < 1.29 is 18.0 Å². The lowest BCUT2D eigenvalue weighted by atomic mass is 10.2. The second kappa shape index (κ2) is 6.67. The van der Waals surface area contributed by atoms with Crippen molar-refractivity contribution in [3.63, 3.8) is 0 Å². The number of ether oxygens (including phenoxy) is 1. The predicted octanol–water partition coefficient (Wildman–Crippen LogP) is 3.53. The number of aryl methyl sites for hydroxylation is 1. The van der Waals surface area contributed by atoms with Crippen LogP contribution in [0.4, 0.5) is 8.78 Å².